The number of rotatable bonds is 3. The molecular formula is C15H23N3O2. The Balaban J connectivity index is 1.99. The third kappa shape index (κ3) is 3.22. The second-order valence-electron chi connectivity index (χ2n) is 5.53. The highest BCUT2D eigenvalue weighted by Gasteiger charge is 2.32. The fourth-order valence-electron chi connectivity index (χ4n) is 2.97. The van der Waals surface area contributed by atoms with Crippen molar-refractivity contribution in [2.24, 2.45) is 0 Å². The number of anilines is 1. The summed E-state index contributed by atoms with van der Waals surface area (Å²) in [5.74, 6) is 0. The van der Waals surface area contributed by atoms with Gasteiger partial charge in [0.05, 0.1) is 0 Å². The molecule has 0 radical (unpaired) electrons. The summed E-state index contributed by atoms with van der Waals surface area (Å²) in [5, 5.41) is 12.3. The van der Waals surface area contributed by atoms with Gasteiger partial charge in [0.2, 0.25) is 0 Å². The van der Waals surface area contributed by atoms with Crippen molar-refractivity contribution in [3.8, 4) is 0 Å². The molecule has 5 heteroatoms. The summed E-state index contributed by atoms with van der Waals surface area (Å²) in [6, 6.07) is 8.43. The van der Waals surface area contributed by atoms with Gasteiger partial charge in [-0.05, 0) is 31.5 Å². The summed E-state index contributed by atoms with van der Waals surface area (Å²) >= 11 is 0. The summed E-state index contributed by atoms with van der Waals surface area (Å²) in [7, 11) is 1.91. The monoisotopic (exact) mass is 277 g/mol. The number of carboxylic acid groups (broad SMARTS) is 1. The largest absolute Gasteiger partial charge is 0.465 e. The SMILES string of the molecule is CNc1ccc(CN2C[C@@H](C)N(C(=O)O)[C@@H](C)C2)cc1. The van der Waals surface area contributed by atoms with Crippen LogP contribution in [0.4, 0.5) is 10.5 Å². The van der Waals surface area contributed by atoms with Gasteiger partial charge in [-0.2, -0.15) is 0 Å². The Kier molecular flexibility index (Phi) is 4.49. The van der Waals surface area contributed by atoms with Crippen molar-refractivity contribution in [1.82, 2.24) is 9.80 Å². The molecule has 1 aliphatic heterocycles. The second kappa shape index (κ2) is 6.13. The first-order valence-electron chi connectivity index (χ1n) is 7.01. The Morgan fingerprint density at radius 1 is 1.25 bits per heavy atom. The van der Waals surface area contributed by atoms with Gasteiger partial charge in [0, 0.05) is 44.5 Å². The zero-order valence-corrected chi connectivity index (χ0v) is 12.3. The van der Waals surface area contributed by atoms with Gasteiger partial charge in [0.25, 0.3) is 0 Å². The van der Waals surface area contributed by atoms with Crippen LogP contribution in [0.5, 0.6) is 0 Å². The normalized spacial score (nSPS) is 23.6. The standard InChI is InChI=1S/C15H23N3O2/c1-11-8-17(9-12(2)18(11)15(19)20)10-13-4-6-14(16-3)7-5-13/h4-7,11-12,16H,8-10H2,1-3H3,(H,19,20)/t11-,12+. The molecule has 2 N–H and O–H groups in total. The van der Waals surface area contributed by atoms with Crippen molar-refractivity contribution >= 4 is 11.8 Å². The maximum atomic E-state index is 11.2. The summed E-state index contributed by atoms with van der Waals surface area (Å²) in [6.07, 6.45) is -0.817. The molecule has 0 bridgehead atoms. The highest BCUT2D eigenvalue weighted by molar-refractivity contribution is 5.66. The van der Waals surface area contributed by atoms with Crippen LogP contribution >= 0.6 is 0 Å². The lowest BCUT2D eigenvalue weighted by molar-refractivity contribution is 0.0381. The van der Waals surface area contributed by atoms with Crippen molar-refractivity contribution in [1.29, 1.82) is 0 Å². The van der Waals surface area contributed by atoms with Crippen LogP contribution in [0, 0.1) is 0 Å². The number of hydrogen-bond acceptors (Lipinski definition) is 3. The minimum absolute atomic E-state index is 0.0350. The Labute approximate surface area is 120 Å². The molecule has 1 saturated heterocycles. The van der Waals surface area contributed by atoms with Crippen molar-refractivity contribution in [2.45, 2.75) is 32.5 Å². The average Bonchev–Trinajstić information content (AvgIpc) is 2.38. The van der Waals surface area contributed by atoms with E-state index < -0.39 is 6.09 Å². The first-order chi connectivity index (χ1) is 9.51. The van der Waals surface area contributed by atoms with E-state index in [0.717, 1.165) is 25.3 Å². The molecule has 1 amide bonds. The number of nitrogens with zero attached hydrogens (tertiary/aromatic N) is 2. The molecule has 2 atom stereocenters. The maximum absolute atomic E-state index is 11.2. The highest BCUT2D eigenvalue weighted by Crippen LogP contribution is 2.18. The molecule has 1 aliphatic rings. The van der Waals surface area contributed by atoms with Crippen LogP contribution in [0.25, 0.3) is 0 Å². The average molecular weight is 277 g/mol. The number of piperazine rings is 1. The topological polar surface area (TPSA) is 55.8 Å². The molecule has 1 fully saturated rings. The molecule has 0 unspecified atom stereocenters. The minimum atomic E-state index is -0.817. The lowest BCUT2D eigenvalue weighted by Gasteiger charge is -2.42. The van der Waals surface area contributed by atoms with Gasteiger partial charge in [-0.15, -0.1) is 0 Å². The van der Waals surface area contributed by atoms with Gasteiger partial charge in [0.1, 0.15) is 0 Å². The van der Waals surface area contributed by atoms with E-state index in [1.165, 1.54) is 5.56 Å². The quantitative estimate of drug-likeness (QED) is 0.890. The van der Waals surface area contributed by atoms with Gasteiger partial charge >= 0.3 is 6.09 Å². The molecule has 0 aliphatic carbocycles. The zero-order valence-electron chi connectivity index (χ0n) is 12.3. The fourth-order valence-corrected chi connectivity index (χ4v) is 2.97. The highest BCUT2D eigenvalue weighted by atomic mass is 16.4. The molecule has 0 aromatic heterocycles. The van der Waals surface area contributed by atoms with Gasteiger partial charge in [-0.1, -0.05) is 12.1 Å². The first kappa shape index (κ1) is 14.7. The Hall–Kier alpha value is -1.75. The first-order valence-corrected chi connectivity index (χ1v) is 7.01. The van der Waals surface area contributed by atoms with Crippen molar-refractivity contribution in [3.63, 3.8) is 0 Å². The van der Waals surface area contributed by atoms with Crippen molar-refractivity contribution in [3.05, 3.63) is 29.8 Å². The van der Waals surface area contributed by atoms with Gasteiger partial charge in [-0.3, -0.25) is 4.90 Å². The van der Waals surface area contributed by atoms with E-state index in [0.29, 0.717) is 0 Å². The molecule has 1 heterocycles. The van der Waals surface area contributed by atoms with Crippen molar-refractivity contribution < 1.29 is 9.90 Å². The number of hydrogen-bond donors (Lipinski definition) is 2. The van der Waals surface area contributed by atoms with Gasteiger partial charge in [0.15, 0.2) is 0 Å². The van der Waals surface area contributed by atoms with Gasteiger partial charge < -0.3 is 15.3 Å². The molecule has 0 spiro atoms. The predicted octanol–water partition coefficient (Wildman–Crippen LogP) is 2.30. The molecule has 1 aromatic rings. The van der Waals surface area contributed by atoms with E-state index >= 15 is 0 Å². The summed E-state index contributed by atoms with van der Waals surface area (Å²) < 4.78 is 0. The van der Waals surface area contributed by atoms with Crippen LogP contribution < -0.4 is 5.32 Å². The smallest absolute Gasteiger partial charge is 0.407 e. The third-order valence-electron chi connectivity index (χ3n) is 3.86. The summed E-state index contributed by atoms with van der Waals surface area (Å²) in [5.41, 5.74) is 2.36. The molecule has 2 rings (SSSR count). The Bertz CT molecular complexity index is 449. The number of nitrogens with one attached hydrogen (secondary N) is 1. The van der Waals surface area contributed by atoms with E-state index in [9.17, 15) is 9.90 Å². The van der Waals surface area contributed by atoms with Crippen LogP contribution in [0.15, 0.2) is 24.3 Å². The second-order valence-corrected chi connectivity index (χ2v) is 5.53. The molecule has 110 valence electrons. The van der Waals surface area contributed by atoms with Crippen LogP contribution in [0.2, 0.25) is 0 Å². The molecule has 0 saturated carbocycles. The van der Waals surface area contributed by atoms with Gasteiger partial charge in [-0.25, -0.2) is 4.79 Å². The van der Waals surface area contributed by atoms with E-state index in [1.807, 2.05) is 20.9 Å². The number of amides is 1. The van der Waals surface area contributed by atoms with Crippen LogP contribution in [0.3, 0.4) is 0 Å². The zero-order chi connectivity index (χ0) is 14.7. The number of carbonyl (C=O) groups is 1. The maximum Gasteiger partial charge on any atom is 0.407 e. The lowest BCUT2D eigenvalue weighted by Crippen LogP contribution is -2.57. The van der Waals surface area contributed by atoms with Crippen LogP contribution in [-0.2, 0) is 6.54 Å². The summed E-state index contributed by atoms with van der Waals surface area (Å²) in [4.78, 5) is 15.1. The Morgan fingerprint density at radius 2 is 1.80 bits per heavy atom. The molecule has 20 heavy (non-hydrogen) atoms. The lowest BCUT2D eigenvalue weighted by atomic mass is 10.1. The van der Waals surface area contributed by atoms with E-state index in [4.69, 9.17) is 0 Å². The van der Waals surface area contributed by atoms with E-state index in [1.54, 1.807) is 4.90 Å². The predicted molar refractivity (Wildman–Crippen MR) is 80.1 cm³/mol. The number of benzene rings is 1. The molecular weight excluding hydrogens is 254 g/mol. The van der Waals surface area contributed by atoms with E-state index in [2.05, 4.69) is 34.5 Å². The third-order valence-corrected chi connectivity index (χ3v) is 3.86. The Morgan fingerprint density at radius 3 is 2.25 bits per heavy atom. The van der Waals surface area contributed by atoms with Crippen LogP contribution in [0.1, 0.15) is 19.4 Å². The molecule has 5 nitrogen and oxygen atoms in total. The van der Waals surface area contributed by atoms with Crippen LogP contribution in [-0.4, -0.2) is 53.2 Å². The molecule has 1 aromatic carbocycles. The summed E-state index contributed by atoms with van der Waals surface area (Å²) in [6.45, 7) is 6.38. The van der Waals surface area contributed by atoms with Crippen molar-refractivity contribution in [2.75, 3.05) is 25.5 Å². The minimum Gasteiger partial charge on any atom is -0.465 e. The van der Waals surface area contributed by atoms with E-state index in [-0.39, 0.29) is 12.1 Å². The fraction of sp³-hybridized carbons (Fsp3) is 0.533.